The van der Waals surface area contributed by atoms with Gasteiger partial charge in [-0.1, -0.05) is 0 Å². The van der Waals surface area contributed by atoms with Crippen molar-refractivity contribution in [1.29, 1.82) is 0 Å². The molecule has 0 aromatic heterocycles. The molecule has 0 saturated heterocycles. The molecule has 0 unspecified atom stereocenters. The molecule has 2 rings (SSSR count). The van der Waals surface area contributed by atoms with Crippen LogP contribution in [-0.4, -0.2) is 23.5 Å². The van der Waals surface area contributed by atoms with E-state index >= 15 is 0 Å². The van der Waals surface area contributed by atoms with Crippen molar-refractivity contribution in [3.05, 3.63) is 0 Å². The Balaban J connectivity index is 2.26. The number of fused-ring (bicyclic) bond motifs is 1. The molecule has 0 bridgehead atoms. The maximum atomic E-state index is 4.61. The number of nitrogens with zero attached hydrogens (tertiary/aromatic N) is 2. The normalized spacial score (nSPS) is 36.2. The summed E-state index contributed by atoms with van der Waals surface area (Å²) in [6.07, 6.45) is 3.81. The van der Waals surface area contributed by atoms with E-state index in [0.717, 1.165) is 11.4 Å². The zero-order valence-corrected chi connectivity index (χ0v) is 7.17. The van der Waals surface area contributed by atoms with Crippen LogP contribution in [0.4, 0.5) is 0 Å². The van der Waals surface area contributed by atoms with E-state index in [4.69, 9.17) is 0 Å². The van der Waals surface area contributed by atoms with Gasteiger partial charge in [-0.2, -0.15) is 0 Å². The molecule has 1 fully saturated rings. The molecule has 2 heteroatoms. The van der Waals surface area contributed by atoms with Gasteiger partial charge < -0.3 is 0 Å². The molecule has 2 nitrogen and oxygen atoms in total. The first-order chi connectivity index (χ1) is 5.27. The van der Waals surface area contributed by atoms with Crippen LogP contribution in [0.15, 0.2) is 9.98 Å². The van der Waals surface area contributed by atoms with E-state index in [1.54, 1.807) is 0 Å². The minimum Gasteiger partial charge on any atom is -0.283 e. The van der Waals surface area contributed by atoms with Gasteiger partial charge in [-0.3, -0.25) is 9.98 Å². The minimum atomic E-state index is 0.527. The van der Waals surface area contributed by atoms with E-state index in [2.05, 4.69) is 23.8 Å². The van der Waals surface area contributed by atoms with Crippen molar-refractivity contribution in [2.75, 3.05) is 0 Å². The van der Waals surface area contributed by atoms with Crippen LogP contribution in [0.3, 0.4) is 0 Å². The van der Waals surface area contributed by atoms with Crippen LogP contribution in [-0.2, 0) is 0 Å². The Morgan fingerprint density at radius 1 is 1.00 bits per heavy atom. The van der Waals surface area contributed by atoms with E-state index in [9.17, 15) is 0 Å². The second-order valence-electron chi connectivity index (χ2n) is 3.49. The molecule has 1 aliphatic heterocycles. The zero-order chi connectivity index (χ0) is 7.84. The van der Waals surface area contributed by atoms with Gasteiger partial charge in [-0.05, 0) is 33.1 Å². The van der Waals surface area contributed by atoms with Gasteiger partial charge >= 0.3 is 0 Å². The van der Waals surface area contributed by atoms with E-state index < -0.39 is 0 Å². The van der Waals surface area contributed by atoms with Crippen LogP contribution in [0.5, 0.6) is 0 Å². The van der Waals surface area contributed by atoms with E-state index in [0.29, 0.717) is 12.1 Å². The molecular weight excluding hydrogens is 136 g/mol. The quantitative estimate of drug-likeness (QED) is 0.503. The Kier molecular flexibility index (Phi) is 1.55. The largest absolute Gasteiger partial charge is 0.283 e. The summed E-state index contributed by atoms with van der Waals surface area (Å²) in [5.74, 6) is 0. The number of rotatable bonds is 0. The van der Waals surface area contributed by atoms with Gasteiger partial charge in [0.05, 0.1) is 23.5 Å². The molecule has 2 atom stereocenters. The summed E-state index contributed by atoms with van der Waals surface area (Å²) in [4.78, 5) is 9.22. The van der Waals surface area contributed by atoms with Crippen molar-refractivity contribution in [2.45, 2.75) is 45.2 Å². The summed E-state index contributed by atoms with van der Waals surface area (Å²) in [6, 6.07) is 1.05. The van der Waals surface area contributed by atoms with Gasteiger partial charge in [0.2, 0.25) is 0 Å². The fourth-order valence-corrected chi connectivity index (χ4v) is 1.91. The van der Waals surface area contributed by atoms with Crippen LogP contribution >= 0.6 is 0 Å². The average Bonchev–Trinajstić information content (AvgIpc) is 2.36. The first-order valence-corrected chi connectivity index (χ1v) is 4.36. The van der Waals surface area contributed by atoms with Crippen molar-refractivity contribution in [3.63, 3.8) is 0 Å². The fourth-order valence-electron chi connectivity index (χ4n) is 1.91. The first kappa shape index (κ1) is 7.01. The topological polar surface area (TPSA) is 24.7 Å². The number of hydrogen-bond acceptors (Lipinski definition) is 2. The van der Waals surface area contributed by atoms with Crippen molar-refractivity contribution in [1.82, 2.24) is 0 Å². The maximum Gasteiger partial charge on any atom is 0.0727 e. The third kappa shape index (κ3) is 1.10. The van der Waals surface area contributed by atoms with Gasteiger partial charge in [0, 0.05) is 0 Å². The molecule has 0 N–H and O–H groups in total. The van der Waals surface area contributed by atoms with Gasteiger partial charge in [-0.15, -0.1) is 0 Å². The molecule has 60 valence electrons. The molecule has 1 saturated carbocycles. The zero-order valence-electron chi connectivity index (χ0n) is 7.17. The lowest BCUT2D eigenvalue weighted by Crippen LogP contribution is -2.26. The second kappa shape index (κ2) is 2.43. The van der Waals surface area contributed by atoms with Gasteiger partial charge in [0.25, 0.3) is 0 Å². The molecule has 11 heavy (non-hydrogen) atoms. The summed E-state index contributed by atoms with van der Waals surface area (Å²) in [6.45, 7) is 4.13. The Morgan fingerprint density at radius 2 is 1.45 bits per heavy atom. The second-order valence-corrected chi connectivity index (χ2v) is 3.49. The van der Waals surface area contributed by atoms with E-state index in [1.165, 1.54) is 19.3 Å². The third-order valence-corrected chi connectivity index (χ3v) is 2.69. The summed E-state index contributed by atoms with van der Waals surface area (Å²) in [5.41, 5.74) is 2.29. The Morgan fingerprint density at radius 3 is 1.91 bits per heavy atom. The monoisotopic (exact) mass is 150 g/mol. The lowest BCUT2D eigenvalue weighted by Gasteiger charge is -2.18. The Hall–Kier alpha value is -0.660. The van der Waals surface area contributed by atoms with Crippen LogP contribution < -0.4 is 0 Å². The van der Waals surface area contributed by atoms with Gasteiger partial charge in [0.15, 0.2) is 0 Å². The Bertz CT molecular complexity index is 204. The average molecular weight is 150 g/mol. The van der Waals surface area contributed by atoms with Gasteiger partial charge in [-0.25, -0.2) is 0 Å². The van der Waals surface area contributed by atoms with Crippen molar-refractivity contribution in [2.24, 2.45) is 9.98 Å². The predicted octanol–water partition coefficient (Wildman–Crippen LogP) is 1.84. The number of aliphatic imine (C=N–C) groups is 2. The Labute approximate surface area is 67.4 Å². The molecule has 0 amide bonds. The molecule has 1 heterocycles. The van der Waals surface area contributed by atoms with Crippen LogP contribution in [0.25, 0.3) is 0 Å². The van der Waals surface area contributed by atoms with Crippen molar-refractivity contribution in [3.8, 4) is 0 Å². The third-order valence-electron chi connectivity index (χ3n) is 2.69. The lowest BCUT2D eigenvalue weighted by atomic mass is 10.1. The smallest absolute Gasteiger partial charge is 0.0727 e. The molecule has 0 aromatic rings. The predicted molar refractivity (Wildman–Crippen MR) is 47.6 cm³/mol. The van der Waals surface area contributed by atoms with Crippen molar-refractivity contribution >= 4 is 11.4 Å². The standard InChI is InChI=1S/C9H14N2/c1-6-7(2)11-9-5-3-4-8(9)10-6/h8-9H,3-5H2,1-2H3/t8-,9+. The maximum absolute atomic E-state index is 4.61. The molecule has 0 spiro atoms. The van der Waals surface area contributed by atoms with Crippen molar-refractivity contribution < 1.29 is 0 Å². The molecule has 2 aliphatic rings. The first-order valence-electron chi connectivity index (χ1n) is 4.36. The van der Waals surface area contributed by atoms with Gasteiger partial charge in [0.1, 0.15) is 0 Å². The van der Waals surface area contributed by atoms with E-state index in [-0.39, 0.29) is 0 Å². The van der Waals surface area contributed by atoms with Crippen LogP contribution in [0.2, 0.25) is 0 Å². The number of hydrogen-bond donors (Lipinski definition) is 0. The van der Waals surface area contributed by atoms with E-state index in [1.807, 2.05) is 0 Å². The van der Waals surface area contributed by atoms with Crippen LogP contribution in [0.1, 0.15) is 33.1 Å². The minimum absolute atomic E-state index is 0.527. The molecule has 0 aromatic carbocycles. The highest BCUT2D eigenvalue weighted by molar-refractivity contribution is 6.41. The highest BCUT2D eigenvalue weighted by Gasteiger charge is 2.29. The molecule has 1 aliphatic carbocycles. The summed E-state index contributed by atoms with van der Waals surface area (Å²) >= 11 is 0. The summed E-state index contributed by atoms with van der Waals surface area (Å²) in [7, 11) is 0. The summed E-state index contributed by atoms with van der Waals surface area (Å²) in [5, 5.41) is 0. The highest BCUT2D eigenvalue weighted by Crippen LogP contribution is 2.27. The van der Waals surface area contributed by atoms with Crippen LogP contribution in [0, 0.1) is 0 Å². The SMILES string of the molecule is CC1=N[C@H]2CCC[C@H]2N=C1C. The summed E-state index contributed by atoms with van der Waals surface area (Å²) < 4.78 is 0. The highest BCUT2D eigenvalue weighted by atomic mass is 15.0. The lowest BCUT2D eigenvalue weighted by molar-refractivity contribution is 0.602. The fraction of sp³-hybridized carbons (Fsp3) is 0.778. The molecule has 0 radical (unpaired) electrons. The molecular formula is C9H14N2.